The van der Waals surface area contributed by atoms with E-state index in [0.717, 1.165) is 0 Å². The van der Waals surface area contributed by atoms with E-state index in [0.29, 0.717) is 0 Å². The standard InChI is InChI=1S/C27H53N2/c1-4-7-10-12-13-14-15-16-17-18-19-22-27-28(23-20-9-6-3)25-26-29(27)24-21-11-8-5-2/h25-26H,4-24H2,1-3H3/q+1. The van der Waals surface area contributed by atoms with Crippen molar-refractivity contribution in [1.82, 2.24) is 4.57 Å². The first-order valence-corrected chi connectivity index (χ1v) is 13.4. The summed E-state index contributed by atoms with van der Waals surface area (Å²) in [7, 11) is 0. The predicted octanol–water partition coefficient (Wildman–Crippen LogP) is 8.40. The van der Waals surface area contributed by atoms with E-state index in [1.165, 1.54) is 135 Å². The fourth-order valence-corrected chi connectivity index (χ4v) is 4.38. The number of rotatable bonds is 21. The molecule has 0 bridgehead atoms. The molecule has 1 rings (SSSR count). The van der Waals surface area contributed by atoms with Gasteiger partial charge in [0, 0.05) is 6.42 Å². The fraction of sp³-hybridized carbons (Fsp3) is 0.889. The molecule has 0 amide bonds. The summed E-state index contributed by atoms with van der Waals surface area (Å²) < 4.78 is 5.13. The van der Waals surface area contributed by atoms with E-state index in [1.54, 1.807) is 5.82 Å². The third-order valence-electron chi connectivity index (χ3n) is 6.35. The minimum Gasteiger partial charge on any atom is -0.234 e. The molecule has 29 heavy (non-hydrogen) atoms. The van der Waals surface area contributed by atoms with Crippen LogP contribution in [-0.4, -0.2) is 4.57 Å². The van der Waals surface area contributed by atoms with E-state index < -0.39 is 0 Å². The first kappa shape index (κ1) is 26.2. The molecule has 0 radical (unpaired) electrons. The molecule has 2 nitrogen and oxygen atoms in total. The van der Waals surface area contributed by atoms with Gasteiger partial charge in [-0.1, -0.05) is 104 Å². The van der Waals surface area contributed by atoms with Crippen molar-refractivity contribution >= 4 is 0 Å². The van der Waals surface area contributed by atoms with E-state index in [4.69, 9.17) is 0 Å². The maximum atomic E-state index is 2.57. The smallest absolute Gasteiger partial charge is 0.234 e. The lowest BCUT2D eigenvalue weighted by Gasteiger charge is -2.06. The highest BCUT2D eigenvalue weighted by Crippen LogP contribution is 2.13. The number of aryl methyl sites for hydroxylation is 2. The van der Waals surface area contributed by atoms with Gasteiger partial charge in [0.1, 0.15) is 12.4 Å². The molecule has 1 aromatic rings. The number of aromatic nitrogens is 2. The highest BCUT2D eigenvalue weighted by Gasteiger charge is 2.16. The largest absolute Gasteiger partial charge is 0.256 e. The number of imidazole rings is 1. The van der Waals surface area contributed by atoms with Crippen molar-refractivity contribution in [3.63, 3.8) is 0 Å². The molecular formula is C27H53N2+. The Labute approximate surface area is 183 Å². The number of hydrogen-bond acceptors (Lipinski definition) is 0. The summed E-state index contributed by atoms with van der Waals surface area (Å²) in [4.78, 5) is 0. The number of unbranched alkanes of at least 4 members (excludes halogenated alkanes) is 15. The molecule has 0 unspecified atom stereocenters. The van der Waals surface area contributed by atoms with E-state index in [-0.39, 0.29) is 0 Å². The van der Waals surface area contributed by atoms with Gasteiger partial charge in [0.2, 0.25) is 0 Å². The minimum absolute atomic E-state index is 1.21. The second-order valence-corrected chi connectivity index (χ2v) is 9.15. The van der Waals surface area contributed by atoms with Gasteiger partial charge in [-0.15, -0.1) is 0 Å². The minimum atomic E-state index is 1.21. The molecule has 0 aliphatic carbocycles. The molecule has 0 saturated heterocycles. The van der Waals surface area contributed by atoms with E-state index in [9.17, 15) is 0 Å². The summed E-state index contributed by atoms with van der Waals surface area (Å²) in [6, 6.07) is 0. The van der Waals surface area contributed by atoms with Gasteiger partial charge in [-0.05, 0) is 32.1 Å². The van der Waals surface area contributed by atoms with Crippen molar-refractivity contribution in [2.24, 2.45) is 0 Å². The molecule has 1 aromatic heterocycles. The van der Waals surface area contributed by atoms with Crippen LogP contribution >= 0.6 is 0 Å². The summed E-state index contributed by atoms with van der Waals surface area (Å²) in [6.07, 6.45) is 31.1. The number of hydrogen-bond donors (Lipinski definition) is 0. The van der Waals surface area contributed by atoms with Crippen LogP contribution in [0.15, 0.2) is 12.4 Å². The highest BCUT2D eigenvalue weighted by molar-refractivity contribution is 4.84. The molecule has 0 aromatic carbocycles. The molecule has 0 aliphatic heterocycles. The van der Waals surface area contributed by atoms with Crippen molar-refractivity contribution < 1.29 is 4.57 Å². The van der Waals surface area contributed by atoms with Gasteiger partial charge < -0.3 is 0 Å². The van der Waals surface area contributed by atoms with Gasteiger partial charge in [0.05, 0.1) is 13.1 Å². The second kappa shape index (κ2) is 19.2. The van der Waals surface area contributed by atoms with Crippen molar-refractivity contribution in [1.29, 1.82) is 0 Å². The Kier molecular flexibility index (Phi) is 17.4. The third-order valence-corrected chi connectivity index (χ3v) is 6.35. The summed E-state index contributed by atoms with van der Waals surface area (Å²) in [5.41, 5.74) is 0. The molecule has 0 aliphatic rings. The van der Waals surface area contributed by atoms with Crippen LogP contribution in [0, 0.1) is 0 Å². The van der Waals surface area contributed by atoms with Crippen LogP contribution in [0.5, 0.6) is 0 Å². The average molecular weight is 406 g/mol. The molecule has 0 saturated carbocycles. The van der Waals surface area contributed by atoms with Crippen LogP contribution in [0.25, 0.3) is 0 Å². The zero-order valence-electron chi connectivity index (χ0n) is 20.4. The van der Waals surface area contributed by atoms with Gasteiger partial charge in [-0.2, -0.15) is 0 Å². The molecule has 170 valence electrons. The van der Waals surface area contributed by atoms with E-state index in [2.05, 4.69) is 42.3 Å². The lowest BCUT2D eigenvalue weighted by Crippen LogP contribution is -2.37. The Morgan fingerprint density at radius 2 is 1.07 bits per heavy atom. The SMILES string of the molecule is CCCCCCCCCCCCCc1n(CCCCC)cc[n+]1CCCCCC. The van der Waals surface area contributed by atoms with Crippen LogP contribution in [0.4, 0.5) is 0 Å². The van der Waals surface area contributed by atoms with Gasteiger partial charge in [-0.25, -0.2) is 9.13 Å². The average Bonchev–Trinajstić information content (AvgIpc) is 3.11. The Morgan fingerprint density at radius 1 is 0.586 bits per heavy atom. The Bertz CT molecular complexity index is 463. The molecule has 1 heterocycles. The van der Waals surface area contributed by atoms with Gasteiger partial charge in [0.25, 0.3) is 5.82 Å². The van der Waals surface area contributed by atoms with Crippen molar-refractivity contribution in [2.75, 3.05) is 0 Å². The van der Waals surface area contributed by atoms with Gasteiger partial charge in [0.15, 0.2) is 0 Å². The first-order chi connectivity index (χ1) is 14.3. The first-order valence-electron chi connectivity index (χ1n) is 13.4. The zero-order valence-corrected chi connectivity index (χ0v) is 20.4. The van der Waals surface area contributed by atoms with E-state index in [1.807, 2.05) is 0 Å². The third kappa shape index (κ3) is 13.2. The molecule has 0 atom stereocenters. The lowest BCUT2D eigenvalue weighted by atomic mass is 10.1. The zero-order chi connectivity index (χ0) is 21.0. The Hall–Kier alpha value is -0.790. The predicted molar refractivity (Wildman–Crippen MR) is 128 cm³/mol. The summed E-state index contributed by atoms with van der Waals surface area (Å²) in [5.74, 6) is 1.59. The Balaban J connectivity index is 2.27. The van der Waals surface area contributed by atoms with Crippen molar-refractivity contribution in [3.8, 4) is 0 Å². The number of nitrogens with zero attached hydrogens (tertiary/aromatic N) is 2. The molecule has 0 fully saturated rings. The summed E-state index contributed by atoms with van der Waals surface area (Å²) in [5, 5.41) is 0. The molecular weight excluding hydrogens is 352 g/mol. The maximum absolute atomic E-state index is 2.57. The van der Waals surface area contributed by atoms with Gasteiger partial charge in [-0.3, -0.25) is 0 Å². The van der Waals surface area contributed by atoms with Crippen LogP contribution in [0.2, 0.25) is 0 Å². The van der Waals surface area contributed by atoms with Gasteiger partial charge >= 0.3 is 0 Å². The van der Waals surface area contributed by atoms with Crippen molar-refractivity contribution in [3.05, 3.63) is 18.2 Å². The highest BCUT2D eigenvalue weighted by atomic mass is 15.1. The fourth-order valence-electron chi connectivity index (χ4n) is 4.38. The van der Waals surface area contributed by atoms with Crippen molar-refractivity contribution in [2.45, 2.75) is 156 Å². The molecule has 0 spiro atoms. The maximum Gasteiger partial charge on any atom is 0.256 e. The molecule has 0 N–H and O–H groups in total. The van der Waals surface area contributed by atoms with Crippen LogP contribution in [0.1, 0.15) is 142 Å². The molecule has 2 heteroatoms. The summed E-state index contributed by atoms with van der Waals surface area (Å²) >= 11 is 0. The van der Waals surface area contributed by atoms with Crippen LogP contribution in [-0.2, 0) is 19.5 Å². The monoisotopic (exact) mass is 405 g/mol. The quantitative estimate of drug-likeness (QED) is 0.143. The van der Waals surface area contributed by atoms with Crippen LogP contribution < -0.4 is 4.57 Å². The van der Waals surface area contributed by atoms with E-state index >= 15 is 0 Å². The topological polar surface area (TPSA) is 8.81 Å². The second-order valence-electron chi connectivity index (χ2n) is 9.15. The lowest BCUT2D eigenvalue weighted by molar-refractivity contribution is -0.704. The summed E-state index contributed by atoms with van der Waals surface area (Å²) in [6.45, 7) is 9.33. The van der Waals surface area contributed by atoms with Crippen LogP contribution in [0.3, 0.4) is 0 Å². The normalized spacial score (nSPS) is 11.4. The Morgan fingerprint density at radius 3 is 1.66 bits per heavy atom.